The van der Waals surface area contributed by atoms with E-state index in [4.69, 9.17) is 16.6 Å². The van der Waals surface area contributed by atoms with Gasteiger partial charge in [-0.2, -0.15) is 9.97 Å². The molecule has 174 valence electrons. The highest BCUT2D eigenvalue weighted by atomic mass is 35.5. The minimum Gasteiger partial charge on any atom is -0.508 e. The third-order valence-corrected chi connectivity index (χ3v) is 5.37. The third kappa shape index (κ3) is 6.46. The number of fused-ring (bicyclic) bond motifs is 1. The molecule has 0 amide bonds. The number of aliphatic hydroxyl groups is 1. The molecule has 0 radical (unpaired) electrons. The molecule has 0 aliphatic rings. The van der Waals surface area contributed by atoms with E-state index in [0.29, 0.717) is 40.8 Å². The van der Waals surface area contributed by atoms with E-state index in [0.717, 1.165) is 31.5 Å². The highest BCUT2D eigenvalue weighted by Gasteiger charge is 2.19. The smallest absolute Gasteiger partial charge is 0.226 e. The molecule has 4 N–H and O–H groups in total. The average molecular weight is 461 g/mol. The zero-order chi connectivity index (χ0) is 23.3. The van der Waals surface area contributed by atoms with Crippen molar-refractivity contribution in [1.82, 2.24) is 19.5 Å². The second-order valence-corrected chi connectivity index (χ2v) is 9.34. The number of phenolic OH excluding ortho intramolecular Hbond substituents is 1. The minimum atomic E-state index is -0.802. The van der Waals surface area contributed by atoms with E-state index in [1.54, 1.807) is 38.4 Å². The Bertz CT molecular complexity index is 1050. The number of nitrogens with one attached hydrogen (secondary N) is 2. The van der Waals surface area contributed by atoms with Gasteiger partial charge in [-0.1, -0.05) is 31.4 Å². The molecule has 8 nitrogen and oxygen atoms in total. The molecule has 1 aromatic carbocycles. The Morgan fingerprint density at radius 3 is 2.72 bits per heavy atom. The number of anilines is 2. The van der Waals surface area contributed by atoms with Gasteiger partial charge >= 0.3 is 0 Å². The van der Waals surface area contributed by atoms with Crippen LogP contribution in [0, 0.1) is 0 Å². The molecule has 0 saturated heterocycles. The Morgan fingerprint density at radius 1 is 1.22 bits per heavy atom. The normalized spacial score (nSPS) is 12.8. The first-order valence-electron chi connectivity index (χ1n) is 11.1. The summed E-state index contributed by atoms with van der Waals surface area (Å²) in [6, 6.07) is 4.90. The predicted molar refractivity (Wildman–Crippen MR) is 129 cm³/mol. The van der Waals surface area contributed by atoms with Gasteiger partial charge in [-0.15, -0.1) is 0 Å². The summed E-state index contributed by atoms with van der Waals surface area (Å²) in [5, 5.41) is 27.4. The van der Waals surface area contributed by atoms with Gasteiger partial charge in [0.05, 0.1) is 11.9 Å². The van der Waals surface area contributed by atoms with Crippen molar-refractivity contribution in [3.05, 3.63) is 35.1 Å². The Morgan fingerprint density at radius 2 is 2.00 bits per heavy atom. The van der Waals surface area contributed by atoms with Crippen molar-refractivity contribution in [3.8, 4) is 5.75 Å². The predicted octanol–water partition coefficient (Wildman–Crippen LogP) is 4.95. The molecule has 0 saturated carbocycles. The Kier molecular flexibility index (Phi) is 7.79. The van der Waals surface area contributed by atoms with Crippen molar-refractivity contribution in [2.45, 2.75) is 78.1 Å². The van der Waals surface area contributed by atoms with Gasteiger partial charge in [0, 0.05) is 29.7 Å². The first-order chi connectivity index (χ1) is 15.2. The van der Waals surface area contributed by atoms with E-state index < -0.39 is 5.60 Å². The van der Waals surface area contributed by atoms with E-state index in [1.807, 2.05) is 11.5 Å². The van der Waals surface area contributed by atoms with Crippen LogP contribution in [0.1, 0.15) is 58.9 Å². The lowest BCUT2D eigenvalue weighted by Gasteiger charge is -2.23. The molecule has 2 heterocycles. The van der Waals surface area contributed by atoms with Crippen LogP contribution in [0.3, 0.4) is 0 Å². The lowest BCUT2D eigenvalue weighted by Crippen LogP contribution is -2.29. The van der Waals surface area contributed by atoms with Gasteiger partial charge in [-0.05, 0) is 51.8 Å². The van der Waals surface area contributed by atoms with E-state index in [9.17, 15) is 10.2 Å². The standard InChI is InChI=1S/C23H33ClN6O2/c1-5-6-7-10-30-14-26-19-20(25-13-16-11-17(24)8-9-18(16)31)28-22(29-21(19)30)27-15(2)12-23(3,4)32/h8-9,11,14-15,31-32H,5-7,10,12-13H2,1-4H3,(H2,25,27,28,29). The summed E-state index contributed by atoms with van der Waals surface area (Å²) in [5.41, 5.74) is 1.27. The van der Waals surface area contributed by atoms with Crippen LogP contribution in [0.4, 0.5) is 11.8 Å². The molecule has 0 aliphatic carbocycles. The van der Waals surface area contributed by atoms with Crippen molar-refractivity contribution in [1.29, 1.82) is 0 Å². The van der Waals surface area contributed by atoms with Crippen molar-refractivity contribution < 1.29 is 10.2 Å². The SMILES string of the molecule is CCCCCn1cnc2c(NCc3cc(Cl)ccc3O)nc(NC(C)CC(C)(C)O)nc21. The van der Waals surface area contributed by atoms with Crippen LogP contribution in [0.5, 0.6) is 5.75 Å². The van der Waals surface area contributed by atoms with Gasteiger partial charge in [-0.3, -0.25) is 0 Å². The average Bonchev–Trinajstić information content (AvgIpc) is 3.10. The van der Waals surface area contributed by atoms with E-state index in [-0.39, 0.29) is 11.8 Å². The molecule has 1 atom stereocenters. The molecule has 0 bridgehead atoms. The largest absolute Gasteiger partial charge is 0.508 e. The summed E-state index contributed by atoms with van der Waals surface area (Å²) in [7, 11) is 0. The van der Waals surface area contributed by atoms with Crippen LogP contribution >= 0.6 is 11.6 Å². The van der Waals surface area contributed by atoms with Crippen LogP contribution < -0.4 is 10.6 Å². The molecule has 32 heavy (non-hydrogen) atoms. The van der Waals surface area contributed by atoms with Gasteiger partial charge in [0.25, 0.3) is 0 Å². The van der Waals surface area contributed by atoms with E-state index in [2.05, 4.69) is 27.5 Å². The molecular weight excluding hydrogens is 428 g/mol. The number of benzene rings is 1. The fourth-order valence-electron chi connectivity index (χ4n) is 3.72. The number of aromatic hydroxyl groups is 1. The van der Waals surface area contributed by atoms with Crippen LogP contribution in [0.25, 0.3) is 11.2 Å². The molecule has 2 aromatic heterocycles. The van der Waals surface area contributed by atoms with Crippen LogP contribution in [0.15, 0.2) is 24.5 Å². The lowest BCUT2D eigenvalue weighted by atomic mass is 10.0. The summed E-state index contributed by atoms with van der Waals surface area (Å²) in [5.74, 6) is 1.19. The molecule has 1 unspecified atom stereocenters. The number of phenols is 1. The summed E-state index contributed by atoms with van der Waals surface area (Å²) in [6.07, 6.45) is 5.66. The number of rotatable bonds is 11. The maximum Gasteiger partial charge on any atom is 0.226 e. The second-order valence-electron chi connectivity index (χ2n) is 8.90. The summed E-state index contributed by atoms with van der Waals surface area (Å²) in [4.78, 5) is 13.9. The highest BCUT2D eigenvalue weighted by Crippen LogP contribution is 2.26. The summed E-state index contributed by atoms with van der Waals surface area (Å²) < 4.78 is 2.04. The van der Waals surface area contributed by atoms with Crippen molar-refractivity contribution in [3.63, 3.8) is 0 Å². The molecule has 0 aliphatic heterocycles. The molecule has 0 spiro atoms. The number of imidazole rings is 1. The van der Waals surface area contributed by atoms with Gasteiger partial charge in [-0.25, -0.2) is 4.98 Å². The maximum atomic E-state index is 10.1. The number of unbranched alkanes of at least 4 members (excludes halogenated alkanes) is 2. The second kappa shape index (κ2) is 10.4. The lowest BCUT2D eigenvalue weighted by molar-refractivity contribution is 0.0672. The summed E-state index contributed by atoms with van der Waals surface area (Å²) in [6.45, 7) is 8.88. The maximum absolute atomic E-state index is 10.1. The molecule has 3 aromatic rings. The molecule has 3 rings (SSSR count). The van der Waals surface area contributed by atoms with Crippen molar-refractivity contribution in [2.75, 3.05) is 10.6 Å². The van der Waals surface area contributed by atoms with Crippen molar-refractivity contribution in [2.24, 2.45) is 0 Å². The monoisotopic (exact) mass is 460 g/mol. The Balaban J connectivity index is 1.90. The van der Waals surface area contributed by atoms with Crippen LogP contribution in [0.2, 0.25) is 5.02 Å². The topological polar surface area (TPSA) is 108 Å². The minimum absolute atomic E-state index is 0.0336. The van der Waals surface area contributed by atoms with Crippen LogP contribution in [-0.4, -0.2) is 41.4 Å². The number of nitrogens with zero attached hydrogens (tertiary/aromatic N) is 4. The number of aromatic nitrogens is 4. The van der Waals surface area contributed by atoms with Crippen LogP contribution in [-0.2, 0) is 13.1 Å². The van der Waals surface area contributed by atoms with Crippen molar-refractivity contribution >= 4 is 34.5 Å². The Labute approximate surface area is 194 Å². The number of hydrogen-bond donors (Lipinski definition) is 4. The van der Waals surface area contributed by atoms with Gasteiger partial charge in [0.1, 0.15) is 5.75 Å². The fraction of sp³-hybridized carbons (Fsp3) is 0.522. The zero-order valence-electron chi connectivity index (χ0n) is 19.2. The van der Waals surface area contributed by atoms with E-state index in [1.165, 1.54) is 0 Å². The number of hydrogen-bond acceptors (Lipinski definition) is 7. The molecule has 9 heteroatoms. The first-order valence-corrected chi connectivity index (χ1v) is 11.5. The number of halogens is 1. The fourth-order valence-corrected chi connectivity index (χ4v) is 3.92. The number of aryl methyl sites for hydroxylation is 1. The Hall–Kier alpha value is -2.58. The zero-order valence-corrected chi connectivity index (χ0v) is 19.9. The molecular formula is C23H33ClN6O2. The quantitative estimate of drug-likeness (QED) is 0.300. The third-order valence-electron chi connectivity index (χ3n) is 5.14. The van der Waals surface area contributed by atoms with E-state index >= 15 is 0 Å². The van der Waals surface area contributed by atoms with Gasteiger partial charge in [0.15, 0.2) is 17.0 Å². The van der Waals surface area contributed by atoms with Gasteiger partial charge < -0.3 is 25.4 Å². The summed E-state index contributed by atoms with van der Waals surface area (Å²) >= 11 is 6.08. The van der Waals surface area contributed by atoms with Gasteiger partial charge in [0.2, 0.25) is 5.95 Å². The highest BCUT2D eigenvalue weighted by molar-refractivity contribution is 6.30. The first kappa shape index (κ1) is 24.1. The molecule has 0 fully saturated rings.